The summed E-state index contributed by atoms with van der Waals surface area (Å²) in [6.45, 7) is 0.236. The van der Waals surface area contributed by atoms with E-state index in [0.29, 0.717) is 0 Å². The van der Waals surface area contributed by atoms with Crippen LogP contribution in [0.5, 0.6) is 0 Å². The number of carboxylic acid groups (broad SMARTS) is 1. The Hall–Kier alpha value is -3.16. The number of hydrogen-bond acceptors (Lipinski definition) is 4. The largest absolute Gasteiger partial charge is 0.481 e. The molecule has 1 saturated heterocycles. The Morgan fingerprint density at radius 2 is 1.69 bits per heavy atom. The van der Waals surface area contributed by atoms with Crippen molar-refractivity contribution in [2.45, 2.75) is 5.92 Å². The first-order chi connectivity index (χ1) is 12.3. The van der Waals surface area contributed by atoms with Gasteiger partial charge < -0.3 is 10.0 Å². The van der Waals surface area contributed by atoms with Gasteiger partial charge in [0, 0.05) is 39.2 Å². The minimum absolute atomic E-state index is 0.0249. The molecule has 1 aliphatic rings. The number of aliphatic carboxylic acids is 1. The molecule has 0 unspecified atom stereocenters. The number of aromatic nitrogens is 2. The van der Waals surface area contributed by atoms with Crippen molar-refractivity contribution in [3.8, 4) is 0 Å². The Morgan fingerprint density at radius 1 is 1.04 bits per heavy atom. The third-order valence-electron chi connectivity index (χ3n) is 4.90. The molecule has 26 heavy (non-hydrogen) atoms. The molecule has 2 heterocycles. The van der Waals surface area contributed by atoms with E-state index in [4.69, 9.17) is 0 Å². The van der Waals surface area contributed by atoms with Gasteiger partial charge in [0.05, 0.1) is 5.92 Å². The first-order valence-corrected chi connectivity index (χ1v) is 8.15. The summed E-state index contributed by atoms with van der Waals surface area (Å²) in [5, 5.41) is 9.55. The van der Waals surface area contributed by atoms with Gasteiger partial charge in [-0.2, -0.15) is 0 Å². The maximum atomic E-state index is 12.9. The molecule has 0 spiro atoms. The van der Waals surface area contributed by atoms with E-state index in [1.54, 1.807) is 0 Å². The third kappa shape index (κ3) is 2.94. The molecule has 0 saturated carbocycles. The zero-order valence-corrected chi connectivity index (χ0v) is 14.5. The van der Waals surface area contributed by atoms with Crippen molar-refractivity contribution >= 4 is 11.9 Å². The molecule has 1 aliphatic heterocycles. The molecule has 1 aromatic carbocycles. The lowest BCUT2D eigenvalue weighted by atomic mass is 9.89. The Bertz CT molecular complexity index is 977. The molecule has 1 fully saturated rings. The van der Waals surface area contributed by atoms with E-state index >= 15 is 0 Å². The molecule has 1 aromatic heterocycles. The smallest absolute Gasteiger partial charge is 0.331 e. The van der Waals surface area contributed by atoms with Gasteiger partial charge in [-0.05, 0) is 5.56 Å². The fourth-order valence-electron chi connectivity index (χ4n) is 3.36. The highest BCUT2D eigenvalue weighted by Crippen LogP contribution is 2.33. The van der Waals surface area contributed by atoms with Crippen molar-refractivity contribution in [3.05, 3.63) is 68.5 Å². The van der Waals surface area contributed by atoms with Gasteiger partial charge in [0.2, 0.25) is 0 Å². The van der Waals surface area contributed by atoms with Crippen LogP contribution in [0.2, 0.25) is 0 Å². The molecule has 8 heteroatoms. The number of likely N-dealkylation sites (tertiary alicyclic amines) is 1. The summed E-state index contributed by atoms with van der Waals surface area (Å²) in [6, 6.07) is 10.3. The number of rotatable bonds is 3. The number of hydrogen-bond donors (Lipinski definition) is 1. The number of carboxylic acids is 1. The number of carbonyl (C=O) groups is 2. The van der Waals surface area contributed by atoms with Gasteiger partial charge in [-0.3, -0.25) is 23.5 Å². The van der Waals surface area contributed by atoms with Crippen molar-refractivity contribution in [2.24, 2.45) is 20.0 Å². The molecular weight excluding hydrogens is 338 g/mol. The van der Waals surface area contributed by atoms with Gasteiger partial charge in [0.1, 0.15) is 5.69 Å². The molecule has 0 radical (unpaired) electrons. The van der Waals surface area contributed by atoms with Gasteiger partial charge in [-0.1, -0.05) is 30.3 Å². The predicted octanol–water partition coefficient (Wildman–Crippen LogP) is 0.0244. The molecular formula is C18H19N3O5. The molecule has 3 rings (SSSR count). The van der Waals surface area contributed by atoms with Crippen molar-refractivity contribution in [2.75, 3.05) is 13.1 Å². The van der Waals surface area contributed by atoms with Gasteiger partial charge in [-0.15, -0.1) is 0 Å². The van der Waals surface area contributed by atoms with E-state index in [1.807, 2.05) is 30.3 Å². The van der Waals surface area contributed by atoms with Crippen molar-refractivity contribution < 1.29 is 14.7 Å². The second kappa shape index (κ2) is 6.62. The number of nitrogens with zero attached hydrogens (tertiary/aromatic N) is 3. The molecule has 0 aliphatic carbocycles. The summed E-state index contributed by atoms with van der Waals surface area (Å²) >= 11 is 0. The Labute approximate surface area is 148 Å². The summed E-state index contributed by atoms with van der Waals surface area (Å²) in [6.07, 6.45) is 0. The van der Waals surface area contributed by atoms with E-state index in [-0.39, 0.29) is 24.7 Å². The Morgan fingerprint density at radius 3 is 2.31 bits per heavy atom. The normalized spacial score (nSPS) is 19.5. The fourth-order valence-corrected chi connectivity index (χ4v) is 3.36. The molecule has 2 atom stereocenters. The average molecular weight is 357 g/mol. The lowest BCUT2D eigenvalue weighted by Crippen LogP contribution is -2.42. The average Bonchev–Trinajstić information content (AvgIpc) is 3.09. The van der Waals surface area contributed by atoms with E-state index in [0.717, 1.165) is 20.8 Å². The van der Waals surface area contributed by atoms with Crippen molar-refractivity contribution in [1.82, 2.24) is 14.0 Å². The van der Waals surface area contributed by atoms with Gasteiger partial charge in [0.25, 0.3) is 11.5 Å². The highest BCUT2D eigenvalue weighted by molar-refractivity contribution is 5.93. The fraction of sp³-hybridized carbons (Fsp3) is 0.333. The highest BCUT2D eigenvalue weighted by Gasteiger charge is 2.41. The Kier molecular flexibility index (Phi) is 4.50. The van der Waals surface area contributed by atoms with Crippen LogP contribution in [0.15, 0.2) is 46.0 Å². The molecule has 8 nitrogen and oxygen atoms in total. The van der Waals surface area contributed by atoms with E-state index in [1.165, 1.54) is 19.0 Å². The van der Waals surface area contributed by atoms with Gasteiger partial charge >= 0.3 is 11.7 Å². The zero-order chi connectivity index (χ0) is 19.0. The maximum absolute atomic E-state index is 12.9. The van der Waals surface area contributed by atoms with Crippen LogP contribution in [0.25, 0.3) is 0 Å². The molecule has 2 aromatic rings. The lowest BCUT2D eigenvalue weighted by molar-refractivity contribution is -0.141. The zero-order valence-electron chi connectivity index (χ0n) is 14.5. The molecule has 1 amide bonds. The van der Waals surface area contributed by atoms with Crippen LogP contribution in [0, 0.1) is 5.92 Å². The predicted molar refractivity (Wildman–Crippen MR) is 93.1 cm³/mol. The van der Waals surface area contributed by atoms with Crippen LogP contribution >= 0.6 is 0 Å². The van der Waals surface area contributed by atoms with Crippen LogP contribution in [0.1, 0.15) is 22.0 Å². The molecule has 0 bridgehead atoms. The second-order valence-corrected chi connectivity index (χ2v) is 6.44. The van der Waals surface area contributed by atoms with Crippen LogP contribution in [0.4, 0.5) is 0 Å². The lowest BCUT2D eigenvalue weighted by Gasteiger charge is -2.18. The van der Waals surface area contributed by atoms with E-state index in [9.17, 15) is 24.3 Å². The van der Waals surface area contributed by atoms with Crippen molar-refractivity contribution in [3.63, 3.8) is 0 Å². The van der Waals surface area contributed by atoms with Gasteiger partial charge in [0.15, 0.2) is 0 Å². The minimum atomic E-state index is -0.980. The van der Waals surface area contributed by atoms with Crippen LogP contribution in [-0.2, 0) is 18.9 Å². The Balaban J connectivity index is 1.96. The van der Waals surface area contributed by atoms with Crippen molar-refractivity contribution in [1.29, 1.82) is 0 Å². The maximum Gasteiger partial charge on any atom is 0.331 e. The van der Waals surface area contributed by atoms with E-state index < -0.39 is 29.0 Å². The quantitative estimate of drug-likeness (QED) is 0.835. The number of benzene rings is 1. The van der Waals surface area contributed by atoms with Crippen LogP contribution in [0.3, 0.4) is 0 Å². The topological polar surface area (TPSA) is 102 Å². The second-order valence-electron chi connectivity index (χ2n) is 6.44. The van der Waals surface area contributed by atoms with Crippen LogP contribution < -0.4 is 11.2 Å². The summed E-state index contributed by atoms with van der Waals surface area (Å²) in [5.74, 6) is -2.59. The summed E-state index contributed by atoms with van der Waals surface area (Å²) in [7, 11) is 2.75. The number of amides is 1. The third-order valence-corrected chi connectivity index (χ3v) is 4.90. The summed E-state index contributed by atoms with van der Waals surface area (Å²) in [5.41, 5.74) is -0.386. The standard InChI is InChI=1S/C18H19N3O5/c1-19-14(8-15(22)20(2)18(19)26)16(23)21-9-12(13(10-21)17(24)25)11-6-4-3-5-7-11/h3-8,12-13H,9-10H2,1-2H3,(H,24,25)/t12-,13+/m0/s1. The summed E-state index contributed by atoms with van der Waals surface area (Å²) < 4.78 is 2.02. The highest BCUT2D eigenvalue weighted by atomic mass is 16.4. The molecule has 1 N–H and O–H groups in total. The first-order valence-electron chi connectivity index (χ1n) is 8.15. The SMILES string of the molecule is Cn1c(C(=O)N2C[C@@H](C(=O)O)[C@H](c3ccccc3)C2)cc(=O)n(C)c1=O. The van der Waals surface area contributed by atoms with Crippen LogP contribution in [-0.4, -0.2) is 44.1 Å². The molecule has 136 valence electrons. The van der Waals surface area contributed by atoms with Gasteiger partial charge in [-0.25, -0.2) is 4.79 Å². The first kappa shape index (κ1) is 17.7. The van der Waals surface area contributed by atoms with E-state index in [2.05, 4.69) is 0 Å². The number of carbonyl (C=O) groups excluding carboxylic acids is 1. The minimum Gasteiger partial charge on any atom is -0.481 e. The monoisotopic (exact) mass is 357 g/mol. The summed E-state index contributed by atoms with van der Waals surface area (Å²) in [4.78, 5) is 49.8.